The molecular formula is C19H18F8N2O4S. The summed E-state index contributed by atoms with van der Waals surface area (Å²) in [5, 5.41) is 23.8. The number of fused-ring (bicyclic) bond motifs is 1. The fraction of sp³-hybridized carbons (Fsp3) is 0.316. The smallest absolute Gasteiger partial charge is 0.418 e. The number of amides is 2. The molecule has 2 aromatic rings. The number of hydrogen-bond donors (Lipinski definition) is 4. The fourth-order valence-electron chi connectivity index (χ4n) is 3.58. The van der Waals surface area contributed by atoms with Crippen molar-refractivity contribution >= 4 is 21.9 Å². The summed E-state index contributed by atoms with van der Waals surface area (Å²) in [6.45, 7) is 0. The minimum Gasteiger partial charge on any atom is -0.494 e. The Morgan fingerprint density at radius 3 is 2.29 bits per heavy atom. The van der Waals surface area contributed by atoms with Crippen LogP contribution in [0.4, 0.5) is 43.1 Å². The van der Waals surface area contributed by atoms with Crippen LogP contribution in [0.1, 0.15) is 28.9 Å². The minimum absolute atomic E-state index is 0.117. The molecule has 15 heteroatoms. The highest BCUT2D eigenvalue weighted by Gasteiger charge is 2.66. The quantitative estimate of drug-likeness (QED) is 0.378. The summed E-state index contributed by atoms with van der Waals surface area (Å²) in [5.74, 6) is -1.11. The second-order valence-corrected chi connectivity index (χ2v) is 9.97. The maximum Gasteiger partial charge on any atom is 0.418 e. The zero-order valence-electron chi connectivity index (χ0n) is 17.0. The number of aliphatic hydroxyl groups excluding tert-OH is 2. The molecule has 3 atom stereocenters. The molecule has 2 amide bonds. The van der Waals surface area contributed by atoms with Gasteiger partial charge in [-0.05, 0) is 29.7 Å². The number of methoxy groups -OCH3 is 1. The number of anilines is 1. The van der Waals surface area contributed by atoms with Crippen LogP contribution in [-0.2, 0) is 6.42 Å². The zero-order valence-corrected chi connectivity index (χ0v) is 17.9. The van der Waals surface area contributed by atoms with E-state index in [0.29, 0.717) is 18.2 Å². The Labute approximate surface area is 187 Å². The van der Waals surface area contributed by atoms with Gasteiger partial charge in [0.1, 0.15) is 10.6 Å². The van der Waals surface area contributed by atoms with Gasteiger partial charge in [-0.3, -0.25) is 0 Å². The van der Waals surface area contributed by atoms with E-state index in [1.165, 1.54) is 0 Å². The predicted octanol–water partition coefficient (Wildman–Crippen LogP) is 5.73. The van der Waals surface area contributed by atoms with Crippen molar-refractivity contribution < 1.29 is 52.3 Å². The topological polar surface area (TPSA) is 90.8 Å². The second-order valence-electron chi connectivity index (χ2n) is 7.56. The van der Waals surface area contributed by atoms with Gasteiger partial charge in [-0.2, -0.15) is 13.2 Å². The van der Waals surface area contributed by atoms with Crippen molar-refractivity contribution in [2.24, 2.45) is 0 Å². The molecule has 0 spiro atoms. The number of ether oxygens (including phenoxy) is 1. The summed E-state index contributed by atoms with van der Waals surface area (Å²) < 4.78 is 111. The molecule has 0 radical (unpaired) electrons. The molecule has 0 aliphatic heterocycles. The number of carbonyl (C=O) groups is 1. The number of urea groups is 1. The molecule has 1 unspecified atom stereocenters. The van der Waals surface area contributed by atoms with Crippen molar-refractivity contribution in [2.45, 2.75) is 35.7 Å². The number of rotatable bonds is 5. The predicted molar refractivity (Wildman–Crippen MR) is 106 cm³/mol. The third-order valence-electron chi connectivity index (χ3n) is 5.10. The van der Waals surface area contributed by atoms with Crippen LogP contribution in [0.2, 0.25) is 0 Å². The molecule has 190 valence electrons. The monoisotopic (exact) mass is 522 g/mol. The van der Waals surface area contributed by atoms with Crippen LogP contribution in [0.5, 0.6) is 5.75 Å². The van der Waals surface area contributed by atoms with Crippen molar-refractivity contribution in [3.05, 3.63) is 53.1 Å². The molecule has 3 rings (SSSR count). The lowest BCUT2D eigenvalue weighted by atomic mass is 10.1. The Morgan fingerprint density at radius 1 is 1.15 bits per heavy atom. The number of benzene rings is 2. The van der Waals surface area contributed by atoms with Gasteiger partial charge in [-0.15, -0.1) is 0 Å². The zero-order chi connectivity index (χ0) is 25.8. The summed E-state index contributed by atoms with van der Waals surface area (Å²) in [7, 11) is -9.84. The van der Waals surface area contributed by atoms with E-state index >= 15 is 0 Å². The third kappa shape index (κ3) is 5.31. The number of nitrogens with one attached hydrogen (secondary N) is 2. The van der Waals surface area contributed by atoms with Crippen molar-refractivity contribution in [2.75, 3.05) is 12.4 Å². The first-order valence-corrected chi connectivity index (χ1v) is 11.3. The fourth-order valence-corrected chi connectivity index (χ4v) is 4.27. The summed E-state index contributed by atoms with van der Waals surface area (Å²) in [4.78, 5) is 9.62. The van der Waals surface area contributed by atoms with E-state index in [-0.39, 0.29) is 12.5 Å². The Morgan fingerprint density at radius 2 is 1.76 bits per heavy atom. The van der Waals surface area contributed by atoms with E-state index in [2.05, 4.69) is 10.1 Å². The second kappa shape index (κ2) is 7.61. The van der Waals surface area contributed by atoms with Gasteiger partial charge in [-0.1, -0.05) is 43.7 Å². The van der Waals surface area contributed by atoms with E-state index in [0.717, 1.165) is 0 Å². The van der Waals surface area contributed by atoms with Crippen molar-refractivity contribution in [1.82, 2.24) is 5.32 Å². The molecule has 4 N–H and O–H groups in total. The van der Waals surface area contributed by atoms with E-state index in [1.54, 1.807) is 29.6 Å². The summed E-state index contributed by atoms with van der Waals surface area (Å²) in [6, 6.07) is 3.37. The molecule has 1 aliphatic carbocycles. The lowest BCUT2D eigenvalue weighted by Crippen LogP contribution is -2.40. The largest absolute Gasteiger partial charge is 0.494 e. The Bertz CT molecular complexity index is 1120. The number of hydrogen-bond acceptors (Lipinski definition) is 4. The number of carbonyl (C=O) groups excluding carboxylic acids is 1. The van der Waals surface area contributed by atoms with Gasteiger partial charge in [0.15, 0.2) is 6.10 Å². The Balaban J connectivity index is 1.99. The molecule has 0 bridgehead atoms. The number of alkyl halides is 3. The van der Waals surface area contributed by atoms with Crippen LogP contribution in [0.15, 0.2) is 41.3 Å². The SMILES string of the molecule is COc1c(NC(=O)N[C@@H]2Cc3ccccc3[C@@H]2O)cc(S(F)(F)(F)(F)F)cc1C(O)C(F)(F)F. The highest BCUT2D eigenvalue weighted by atomic mass is 32.5. The average molecular weight is 522 g/mol. The van der Waals surface area contributed by atoms with Gasteiger partial charge in [0.05, 0.1) is 24.9 Å². The summed E-state index contributed by atoms with van der Waals surface area (Å²) in [5.41, 5.74) is -1.74. The summed E-state index contributed by atoms with van der Waals surface area (Å²) in [6.07, 6.45) is -10.3. The normalized spacial score (nSPS) is 21.1. The van der Waals surface area contributed by atoms with Gasteiger partial charge in [0, 0.05) is 5.56 Å². The molecule has 0 saturated heterocycles. The molecule has 0 fully saturated rings. The van der Waals surface area contributed by atoms with Crippen LogP contribution in [0, 0.1) is 0 Å². The van der Waals surface area contributed by atoms with Crippen LogP contribution < -0.4 is 15.4 Å². The number of aliphatic hydroxyl groups is 2. The van der Waals surface area contributed by atoms with Crippen LogP contribution >= 0.6 is 10.2 Å². The Kier molecular flexibility index (Phi) is 5.78. The summed E-state index contributed by atoms with van der Waals surface area (Å²) >= 11 is 0. The van der Waals surface area contributed by atoms with Gasteiger partial charge >= 0.3 is 22.4 Å². The first kappa shape index (κ1) is 25.8. The standard InChI is InChI=1S/C19H18F8N2O4S/c1-33-16-12(17(31)19(20,21)22)7-10(34(23,24,25,26)27)8-14(16)29-18(32)28-13-6-9-4-2-3-5-11(9)15(13)30/h2-5,7-8,13,15,17,30-31H,6H2,1H3,(H2,28,29,32)/t13-,15+,17?/m1/s1. The lowest BCUT2D eigenvalue weighted by molar-refractivity contribution is -0.207. The molecule has 0 saturated carbocycles. The molecular weight excluding hydrogens is 504 g/mol. The maximum atomic E-state index is 13.4. The van der Waals surface area contributed by atoms with Crippen molar-refractivity contribution in [3.63, 3.8) is 0 Å². The van der Waals surface area contributed by atoms with Crippen molar-refractivity contribution in [1.29, 1.82) is 0 Å². The van der Waals surface area contributed by atoms with Gasteiger partial charge in [-0.25, -0.2) is 4.79 Å². The van der Waals surface area contributed by atoms with Gasteiger partial charge in [0.2, 0.25) is 0 Å². The molecule has 6 nitrogen and oxygen atoms in total. The van der Waals surface area contributed by atoms with E-state index in [1.807, 2.05) is 0 Å². The lowest BCUT2D eigenvalue weighted by Gasteiger charge is -2.41. The van der Waals surface area contributed by atoms with Gasteiger partial charge < -0.3 is 25.6 Å². The first-order valence-electron chi connectivity index (χ1n) is 9.36. The van der Waals surface area contributed by atoms with E-state index < -0.39 is 68.6 Å². The van der Waals surface area contributed by atoms with Crippen LogP contribution in [0.3, 0.4) is 0 Å². The minimum atomic E-state index is -10.6. The molecule has 1 aliphatic rings. The molecule has 0 heterocycles. The van der Waals surface area contributed by atoms with Crippen LogP contribution in [0.25, 0.3) is 0 Å². The average Bonchev–Trinajstić information content (AvgIpc) is 3.00. The molecule has 0 aromatic heterocycles. The number of halogens is 8. The third-order valence-corrected chi connectivity index (χ3v) is 6.23. The highest BCUT2D eigenvalue weighted by Crippen LogP contribution is 3.02. The first-order chi connectivity index (χ1) is 15.3. The van der Waals surface area contributed by atoms with E-state index in [9.17, 15) is 47.6 Å². The maximum absolute atomic E-state index is 13.4. The molecule has 34 heavy (non-hydrogen) atoms. The van der Waals surface area contributed by atoms with Gasteiger partial charge in [0.25, 0.3) is 0 Å². The van der Waals surface area contributed by atoms with Crippen molar-refractivity contribution in [3.8, 4) is 5.75 Å². The van der Waals surface area contributed by atoms with Crippen LogP contribution in [-0.4, -0.2) is 35.6 Å². The molecule has 2 aromatic carbocycles. The highest BCUT2D eigenvalue weighted by molar-refractivity contribution is 8.45. The van der Waals surface area contributed by atoms with E-state index in [4.69, 9.17) is 0 Å². The Hall–Kier alpha value is -2.78.